The number of aromatic nitrogens is 4. The van der Waals surface area contributed by atoms with Gasteiger partial charge in [-0.25, -0.2) is 9.07 Å². The fraction of sp³-hybridized carbons (Fsp3) is 0.240. The van der Waals surface area contributed by atoms with E-state index in [9.17, 15) is 9.18 Å². The number of amides is 1. The Kier molecular flexibility index (Phi) is 6.60. The summed E-state index contributed by atoms with van der Waals surface area (Å²) < 4.78 is 16.9. The molecule has 0 bridgehead atoms. The fourth-order valence-corrected chi connectivity index (χ4v) is 3.97. The summed E-state index contributed by atoms with van der Waals surface area (Å²) in [6.45, 7) is 6.76. The molecule has 0 aliphatic rings. The first-order valence-electron chi connectivity index (χ1n) is 10.7. The van der Waals surface area contributed by atoms with Crippen molar-refractivity contribution >= 4 is 17.5 Å². The molecule has 1 amide bonds. The van der Waals surface area contributed by atoms with Crippen molar-refractivity contribution < 1.29 is 9.18 Å². The second-order valence-corrected chi connectivity index (χ2v) is 8.66. The van der Waals surface area contributed by atoms with Crippen LogP contribution in [0.5, 0.6) is 0 Å². The quantitative estimate of drug-likeness (QED) is 0.396. The van der Waals surface area contributed by atoms with Gasteiger partial charge in [-0.2, -0.15) is 10.2 Å². The zero-order chi connectivity index (χ0) is 23.5. The average molecular weight is 466 g/mol. The van der Waals surface area contributed by atoms with Crippen molar-refractivity contribution in [1.82, 2.24) is 24.9 Å². The fourth-order valence-electron chi connectivity index (χ4n) is 3.64. The van der Waals surface area contributed by atoms with Crippen LogP contribution in [0.25, 0.3) is 16.9 Å². The van der Waals surface area contributed by atoms with Crippen molar-refractivity contribution in [3.8, 4) is 16.9 Å². The summed E-state index contributed by atoms with van der Waals surface area (Å²) in [7, 11) is 0. The summed E-state index contributed by atoms with van der Waals surface area (Å²) in [4.78, 5) is 13.0. The minimum Gasteiger partial charge on any atom is -0.348 e. The van der Waals surface area contributed by atoms with E-state index in [0.717, 1.165) is 16.8 Å². The molecule has 1 N–H and O–H groups in total. The zero-order valence-electron chi connectivity index (χ0n) is 18.7. The molecule has 4 rings (SSSR count). The van der Waals surface area contributed by atoms with Gasteiger partial charge in [0, 0.05) is 30.4 Å². The SMILES string of the molecule is Cc1nn(CC(C)C)c(Cl)c1C(=O)NCc1cn(-c2ccccc2)nc1-c1ccc(F)cc1. The minimum absolute atomic E-state index is 0.226. The molecule has 33 heavy (non-hydrogen) atoms. The first kappa shape index (κ1) is 22.7. The molecule has 8 heteroatoms. The normalized spacial score (nSPS) is 11.2. The molecule has 6 nitrogen and oxygen atoms in total. The highest BCUT2D eigenvalue weighted by Crippen LogP contribution is 2.25. The Morgan fingerprint density at radius 2 is 1.79 bits per heavy atom. The van der Waals surface area contributed by atoms with Crippen molar-refractivity contribution in [3.63, 3.8) is 0 Å². The van der Waals surface area contributed by atoms with E-state index in [-0.39, 0.29) is 18.3 Å². The van der Waals surface area contributed by atoms with Crippen LogP contribution < -0.4 is 5.32 Å². The Hall–Kier alpha value is -3.45. The Bertz CT molecular complexity index is 1260. The summed E-state index contributed by atoms with van der Waals surface area (Å²) >= 11 is 6.46. The van der Waals surface area contributed by atoms with Gasteiger partial charge in [-0.3, -0.25) is 9.48 Å². The number of rotatable bonds is 7. The minimum atomic E-state index is -0.320. The molecule has 0 aliphatic heterocycles. The van der Waals surface area contributed by atoms with Crippen molar-refractivity contribution in [2.24, 2.45) is 5.92 Å². The van der Waals surface area contributed by atoms with Gasteiger partial charge in [-0.1, -0.05) is 43.6 Å². The van der Waals surface area contributed by atoms with Crippen LogP contribution in [0.15, 0.2) is 60.8 Å². The van der Waals surface area contributed by atoms with E-state index in [1.807, 2.05) is 36.5 Å². The summed E-state index contributed by atoms with van der Waals surface area (Å²) in [6, 6.07) is 15.8. The van der Waals surface area contributed by atoms with E-state index in [2.05, 4.69) is 24.3 Å². The lowest BCUT2D eigenvalue weighted by atomic mass is 10.1. The maximum atomic E-state index is 13.5. The molecule has 0 saturated carbocycles. The number of nitrogens with zero attached hydrogens (tertiary/aromatic N) is 4. The number of carbonyl (C=O) groups is 1. The number of carbonyl (C=O) groups excluding carboxylic acids is 1. The first-order valence-corrected chi connectivity index (χ1v) is 11.1. The molecule has 0 fully saturated rings. The predicted molar refractivity (Wildman–Crippen MR) is 127 cm³/mol. The molecule has 170 valence electrons. The maximum absolute atomic E-state index is 13.5. The lowest BCUT2D eigenvalue weighted by Crippen LogP contribution is -2.23. The number of benzene rings is 2. The average Bonchev–Trinajstić information content (AvgIpc) is 3.33. The number of aryl methyl sites for hydroxylation is 1. The van der Waals surface area contributed by atoms with Gasteiger partial charge >= 0.3 is 0 Å². The first-order chi connectivity index (χ1) is 15.8. The van der Waals surface area contributed by atoms with Crippen LogP contribution in [0, 0.1) is 18.7 Å². The molecule has 4 aromatic rings. The van der Waals surface area contributed by atoms with Gasteiger partial charge in [0.1, 0.15) is 11.0 Å². The van der Waals surface area contributed by atoms with Gasteiger partial charge < -0.3 is 5.32 Å². The predicted octanol–water partition coefficient (Wildman–Crippen LogP) is 5.42. The van der Waals surface area contributed by atoms with E-state index in [4.69, 9.17) is 16.7 Å². The molecule has 2 aromatic heterocycles. The third-order valence-electron chi connectivity index (χ3n) is 5.20. The smallest absolute Gasteiger partial charge is 0.256 e. The molecule has 2 aromatic carbocycles. The number of halogens is 2. The van der Waals surface area contributed by atoms with Gasteiger partial charge in [0.05, 0.1) is 22.6 Å². The van der Waals surface area contributed by atoms with Crippen LogP contribution in [-0.2, 0) is 13.1 Å². The highest BCUT2D eigenvalue weighted by Gasteiger charge is 2.21. The largest absolute Gasteiger partial charge is 0.348 e. The van der Waals surface area contributed by atoms with Gasteiger partial charge in [-0.05, 0) is 49.2 Å². The molecule has 0 spiro atoms. The molecule has 2 heterocycles. The van der Waals surface area contributed by atoms with Crippen LogP contribution in [0.1, 0.15) is 35.5 Å². The highest BCUT2D eigenvalue weighted by atomic mass is 35.5. The monoisotopic (exact) mass is 465 g/mol. The molecule has 0 atom stereocenters. The molecular weight excluding hydrogens is 441 g/mol. The topological polar surface area (TPSA) is 64.7 Å². The Labute approximate surface area is 197 Å². The molecule has 0 aliphatic carbocycles. The maximum Gasteiger partial charge on any atom is 0.256 e. The number of hydrogen-bond acceptors (Lipinski definition) is 3. The summed E-state index contributed by atoms with van der Waals surface area (Å²) in [5, 5.41) is 12.4. The zero-order valence-corrected chi connectivity index (χ0v) is 19.5. The summed E-state index contributed by atoms with van der Waals surface area (Å²) in [5.74, 6) is -0.274. The van der Waals surface area contributed by atoms with Crippen LogP contribution in [0.3, 0.4) is 0 Å². The number of para-hydroxylation sites is 1. The van der Waals surface area contributed by atoms with E-state index < -0.39 is 0 Å². The lowest BCUT2D eigenvalue weighted by molar-refractivity contribution is 0.0950. The van der Waals surface area contributed by atoms with E-state index in [0.29, 0.717) is 34.6 Å². The van der Waals surface area contributed by atoms with Crippen molar-refractivity contribution in [1.29, 1.82) is 0 Å². The van der Waals surface area contributed by atoms with Crippen LogP contribution in [-0.4, -0.2) is 25.5 Å². The molecule has 0 saturated heterocycles. The van der Waals surface area contributed by atoms with Gasteiger partial charge in [0.25, 0.3) is 5.91 Å². The lowest BCUT2D eigenvalue weighted by Gasteiger charge is -2.07. The van der Waals surface area contributed by atoms with Crippen LogP contribution >= 0.6 is 11.6 Å². The van der Waals surface area contributed by atoms with Crippen molar-refractivity contribution in [3.05, 3.63) is 88.6 Å². The second kappa shape index (κ2) is 9.58. The summed E-state index contributed by atoms with van der Waals surface area (Å²) in [6.07, 6.45) is 1.87. The van der Waals surface area contributed by atoms with Crippen LogP contribution in [0.4, 0.5) is 4.39 Å². The molecular formula is C25H25ClFN5O. The standard InChI is InChI=1S/C25H25ClFN5O/c1-16(2)14-32-24(26)22(17(3)29-32)25(33)28-13-19-15-31(21-7-5-4-6-8-21)30-23(19)18-9-11-20(27)12-10-18/h4-12,15-16H,13-14H2,1-3H3,(H,28,33). The van der Waals surface area contributed by atoms with Crippen LogP contribution in [0.2, 0.25) is 5.15 Å². The molecule has 0 radical (unpaired) electrons. The van der Waals surface area contributed by atoms with Gasteiger partial charge in [-0.15, -0.1) is 0 Å². The highest BCUT2D eigenvalue weighted by molar-refractivity contribution is 6.33. The Morgan fingerprint density at radius 1 is 1.09 bits per heavy atom. The van der Waals surface area contributed by atoms with Gasteiger partial charge in [0.2, 0.25) is 0 Å². The number of hydrogen-bond donors (Lipinski definition) is 1. The summed E-state index contributed by atoms with van der Waals surface area (Å²) in [5.41, 5.74) is 4.05. The van der Waals surface area contributed by atoms with Crippen molar-refractivity contribution in [2.75, 3.05) is 0 Å². The van der Waals surface area contributed by atoms with E-state index >= 15 is 0 Å². The molecule has 0 unspecified atom stereocenters. The third-order valence-corrected chi connectivity index (χ3v) is 5.58. The van der Waals surface area contributed by atoms with E-state index in [1.165, 1.54) is 12.1 Å². The Morgan fingerprint density at radius 3 is 2.45 bits per heavy atom. The Balaban J connectivity index is 1.62. The van der Waals surface area contributed by atoms with Gasteiger partial charge in [0.15, 0.2) is 0 Å². The van der Waals surface area contributed by atoms with E-state index in [1.54, 1.807) is 28.4 Å². The van der Waals surface area contributed by atoms with Crippen molar-refractivity contribution in [2.45, 2.75) is 33.9 Å². The second-order valence-electron chi connectivity index (χ2n) is 8.30. The number of nitrogens with one attached hydrogen (secondary N) is 1. The third kappa shape index (κ3) is 4.98.